The number of hydrogen-bond acceptors (Lipinski definition) is 4. The van der Waals surface area contributed by atoms with Crippen LogP contribution in [0.4, 0.5) is 5.82 Å². The largest absolute Gasteiger partial charge is 0.459 e. The first kappa shape index (κ1) is 8.10. The highest BCUT2D eigenvalue weighted by Gasteiger charge is 2.27. The van der Waals surface area contributed by atoms with Crippen LogP contribution in [0.15, 0.2) is 6.20 Å². The summed E-state index contributed by atoms with van der Waals surface area (Å²) in [4.78, 5) is 11.4. The van der Waals surface area contributed by atoms with Gasteiger partial charge in [0.15, 0.2) is 5.82 Å². The Labute approximate surface area is 75.5 Å². The topological polar surface area (TPSA) is 70.1 Å². The highest BCUT2D eigenvalue weighted by molar-refractivity contribution is 5.94. The van der Waals surface area contributed by atoms with Gasteiger partial charge in [-0.3, -0.25) is 4.68 Å². The van der Waals surface area contributed by atoms with Crippen LogP contribution >= 0.6 is 0 Å². The Morgan fingerprint density at radius 1 is 1.77 bits per heavy atom. The van der Waals surface area contributed by atoms with Crippen molar-refractivity contribution in [2.45, 2.75) is 18.9 Å². The lowest BCUT2D eigenvalue weighted by molar-refractivity contribution is 0.0473. The summed E-state index contributed by atoms with van der Waals surface area (Å²) < 4.78 is 6.57. The summed E-state index contributed by atoms with van der Waals surface area (Å²) in [6.45, 7) is 0. The minimum absolute atomic E-state index is 0.104. The number of esters is 1. The van der Waals surface area contributed by atoms with Gasteiger partial charge in [-0.1, -0.05) is 0 Å². The molecule has 1 heterocycles. The SMILES string of the molecule is Cn1cc(C(=O)OC2CC2)c(N)n1. The molecule has 0 saturated heterocycles. The van der Waals surface area contributed by atoms with Crippen molar-refractivity contribution in [3.05, 3.63) is 11.8 Å². The zero-order valence-corrected chi connectivity index (χ0v) is 7.36. The van der Waals surface area contributed by atoms with Crippen molar-refractivity contribution in [3.63, 3.8) is 0 Å². The molecule has 1 aromatic rings. The molecule has 5 heteroatoms. The Morgan fingerprint density at radius 3 is 2.92 bits per heavy atom. The van der Waals surface area contributed by atoms with Crippen LogP contribution in [-0.4, -0.2) is 21.9 Å². The van der Waals surface area contributed by atoms with Gasteiger partial charge in [-0.05, 0) is 12.8 Å². The van der Waals surface area contributed by atoms with Gasteiger partial charge >= 0.3 is 5.97 Å². The van der Waals surface area contributed by atoms with Crippen LogP contribution in [0.1, 0.15) is 23.2 Å². The molecule has 1 saturated carbocycles. The standard InChI is InChI=1S/C8H11N3O2/c1-11-4-6(7(9)10-11)8(12)13-5-2-3-5/h4-5H,2-3H2,1H3,(H2,9,10). The van der Waals surface area contributed by atoms with Gasteiger partial charge in [0, 0.05) is 13.2 Å². The third-order valence-electron chi connectivity index (χ3n) is 1.88. The number of nitrogens with two attached hydrogens (primary N) is 1. The number of carbonyl (C=O) groups is 1. The van der Waals surface area contributed by atoms with Crippen LogP contribution in [0.2, 0.25) is 0 Å². The van der Waals surface area contributed by atoms with Gasteiger partial charge in [-0.15, -0.1) is 0 Å². The fourth-order valence-electron chi connectivity index (χ4n) is 1.06. The van der Waals surface area contributed by atoms with Gasteiger partial charge in [-0.25, -0.2) is 4.79 Å². The molecule has 2 rings (SSSR count). The Balaban J connectivity index is 2.13. The first-order valence-electron chi connectivity index (χ1n) is 4.17. The quantitative estimate of drug-likeness (QED) is 0.667. The van der Waals surface area contributed by atoms with Gasteiger partial charge < -0.3 is 10.5 Å². The number of aromatic nitrogens is 2. The van der Waals surface area contributed by atoms with Crippen LogP contribution in [0.3, 0.4) is 0 Å². The van der Waals surface area contributed by atoms with E-state index in [-0.39, 0.29) is 17.9 Å². The summed E-state index contributed by atoms with van der Waals surface area (Å²) in [5.41, 5.74) is 5.86. The minimum Gasteiger partial charge on any atom is -0.459 e. The van der Waals surface area contributed by atoms with Crippen molar-refractivity contribution in [1.82, 2.24) is 9.78 Å². The second-order valence-electron chi connectivity index (χ2n) is 3.21. The van der Waals surface area contributed by atoms with Crippen molar-refractivity contribution in [2.75, 3.05) is 5.73 Å². The molecule has 0 radical (unpaired) electrons. The van der Waals surface area contributed by atoms with E-state index in [1.807, 2.05) is 0 Å². The number of rotatable bonds is 2. The molecule has 0 amide bonds. The van der Waals surface area contributed by atoms with E-state index in [2.05, 4.69) is 5.10 Å². The third kappa shape index (κ3) is 1.63. The van der Waals surface area contributed by atoms with Gasteiger partial charge in [-0.2, -0.15) is 5.10 Å². The van der Waals surface area contributed by atoms with Crippen molar-refractivity contribution >= 4 is 11.8 Å². The third-order valence-corrected chi connectivity index (χ3v) is 1.88. The van der Waals surface area contributed by atoms with E-state index >= 15 is 0 Å². The summed E-state index contributed by atoms with van der Waals surface area (Å²) >= 11 is 0. The summed E-state index contributed by atoms with van der Waals surface area (Å²) in [5, 5.41) is 3.85. The van der Waals surface area contributed by atoms with Gasteiger partial charge in [0.2, 0.25) is 0 Å². The molecule has 1 aliphatic carbocycles. The Morgan fingerprint density at radius 2 is 2.46 bits per heavy atom. The van der Waals surface area contributed by atoms with Crippen molar-refractivity contribution < 1.29 is 9.53 Å². The second-order valence-corrected chi connectivity index (χ2v) is 3.21. The second kappa shape index (κ2) is 2.76. The van der Waals surface area contributed by atoms with E-state index in [1.165, 1.54) is 4.68 Å². The number of anilines is 1. The summed E-state index contributed by atoms with van der Waals surface area (Å²) in [6, 6.07) is 0. The molecule has 1 aromatic heterocycles. The average Bonchev–Trinajstić information content (AvgIpc) is 2.77. The lowest BCUT2D eigenvalue weighted by Gasteiger charge is -1.99. The van der Waals surface area contributed by atoms with E-state index in [9.17, 15) is 4.79 Å². The molecule has 1 fully saturated rings. The van der Waals surface area contributed by atoms with Crippen molar-refractivity contribution in [3.8, 4) is 0 Å². The van der Waals surface area contributed by atoms with Crippen LogP contribution in [0, 0.1) is 0 Å². The minimum atomic E-state index is -0.367. The predicted octanol–water partition coefficient (Wildman–Crippen LogP) is 0.322. The summed E-state index contributed by atoms with van der Waals surface area (Å²) in [7, 11) is 1.71. The molecule has 0 bridgehead atoms. The first-order chi connectivity index (χ1) is 6.16. The smallest absolute Gasteiger partial charge is 0.343 e. The highest BCUT2D eigenvalue weighted by Crippen LogP contribution is 2.25. The monoisotopic (exact) mass is 181 g/mol. The number of hydrogen-bond donors (Lipinski definition) is 1. The normalized spacial score (nSPS) is 15.8. The summed E-state index contributed by atoms with van der Waals surface area (Å²) in [6.07, 6.45) is 3.60. The van der Waals surface area contributed by atoms with E-state index in [1.54, 1.807) is 13.2 Å². The van der Waals surface area contributed by atoms with Crippen molar-refractivity contribution in [2.24, 2.45) is 7.05 Å². The Kier molecular flexibility index (Phi) is 1.72. The molecule has 0 aromatic carbocycles. The van der Waals surface area contributed by atoms with Gasteiger partial charge in [0.25, 0.3) is 0 Å². The molecule has 1 aliphatic rings. The molecule has 0 atom stereocenters. The Bertz CT molecular complexity index is 341. The predicted molar refractivity (Wildman–Crippen MR) is 46.1 cm³/mol. The van der Waals surface area contributed by atoms with Gasteiger partial charge in [0.1, 0.15) is 11.7 Å². The number of aryl methyl sites for hydroxylation is 1. The fraction of sp³-hybridized carbons (Fsp3) is 0.500. The zero-order valence-electron chi connectivity index (χ0n) is 7.36. The zero-order chi connectivity index (χ0) is 9.42. The average molecular weight is 181 g/mol. The van der Waals surface area contributed by atoms with E-state index in [4.69, 9.17) is 10.5 Å². The summed E-state index contributed by atoms with van der Waals surface area (Å²) in [5.74, 6) is -0.138. The van der Waals surface area contributed by atoms with E-state index in [0.29, 0.717) is 5.56 Å². The number of nitrogen functional groups attached to an aromatic ring is 1. The first-order valence-corrected chi connectivity index (χ1v) is 4.17. The lowest BCUT2D eigenvalue weighted by atomic mass is 10.3. The van der Waals surface area contributed by atoms with E-state index < -0.39 is 0 Å². The number of nitrogens with zero attached hydrogens (tertiary/aromatic N) is 2. The van der Waals surface area contributed by atoms with Crippen LogP contribution in [-0.2, 0) is 11.8 Å². The molecule has 70 valence electrons. The molecule has 0 aliphatic heterocycles. The highest BCUT2D eigenvalue weighted by atomic mass is 16.5. The lowest BCUT2D eigenvalue weighted by Crippen LogP contribution is -2.07. The maximum Gasteiger partial charge on any atom is 0.343 e. The number of carbonyl (C=O) groups excluding carboxylic acids is 1. The fourth-order valence-corrected chi connectivity index (χ4v) is 1.06. The van der Waals surface area contributed by atoms with Crippen LogP contribution in [0.5, 0.6) is 0 Å². The maximum absolute atomic E-state index is 11.4. The number of ether oxygens (including phenoxy) is 1. The molecule has 13 heavy (non-hydrogen) atoms. The van der Waals surface area contributed by atoms with Crippen LogP contribution < -0.4 is 5.73 Å². The Hall–Kier alpha value is -1.52. The van der Waals surface area contributed by atoms with E-state index in [0.717, 1.165) is 12.8 Å². The van der Waals surface area contributed by atoms with Crippen LogP contribution in [0.25, 0.3) is 0 Å². The molecule has 2 N–H and O–H groups in total. The van der Waals surface area contributed by atoms with Crippen molar-refractivity contribution in [1.29, 1.82) is 0 Å². The molecular formula is C8H11N3O2. The maximum atomic E-state index is 11.4. The molecule has 0 spiro atoms. The molecule has 5 nitrogen and oxygen atoms in total. The molecule has 0 unspecified atom stereocenters. The van der Waals surface area contributed by atoms with Gasteiger partial charge in [0.05, 0.1) is 0 Å². The molecular weight excluding hydrogens is 170 g/mol.